The second-order valence-corrected chi connectivity index (χ2v) is 7.05. The van der Waals surface area contributed by atoms with E-state index in [4.69, 9.17) is 0 Å². The number of aromatic amines is 1. The SMILES string of the molecule is CN(Cc1n[nH]c2c1CCCCC2)C(=O)NCc1nnnn1-c1ccccc1. The molecular weight excluding hydrogens is 356 g/mol. The fourth-order valence-electron chi connectivity index (χ4n) is 3.53. The Balaban J connectivity index is 1.37. The Morgan fingerprint density at radius 3 is 2.89 bits per heavy atom. The molecule has 0 fully saturated rings. The second kappa shape index (κ2) is 8.20. The van der Waals surface area contributed by atoms with Crippen molar-refractivity contribution in [1.29, 1.82) is 0 Å². The van der Waals surface area contributed by atoms with Gasteiger partial charge in [-0.25, -0.2) is 4.79 Å². The quantitative estimate of drug-likeness (QED) is 0.659. The van der Waals surface area contributed by atoms with Gasteiger partial charge in [-0.3, -0.25) is 5.10 Å². The molecule has 0 aliphatic heterocycles. The van der Waals surface area contributed by atoms with Crippen LogP contribution in [-0.2, 0) is 25.9 Å². The number of aryl methyl sites for hydroxylation is 1. The summed E-state index contributed by atoms with van der Waals surface area (Å²) in [5.74, 6) is 0.571. The van der Waals surface area contributed by atoms with E-state index in [1.807, 2.05) is 30.3 Å². The molecule has 146 valence electrons. The van der Waals surface area contributed by atoms with E-state index in [1.165, 1.54) is 30.5 Å². The normalized spacial score (nSPS) is 13.6. The molecule has 0 spiro atoms. The highest BCUT2D eigenvalue weighted by Gasteiger charge is 2.19. The maximum atomic E-state index is 12.5. The number of tetrazole rings is 1. The van der Waals surface area contributed by atoms with Gasteiger partial charge in [0.15, 0.2) is 5.82 Å². The summed E-state index contributed by atoms with van der Waals surface area (Å²) in [6.07, 6.45) is 5.69. The Hall–Kier alpha value is -3.23. The number of urea groups is 1. The van der Waals surface area contributed by atoms with Crippen molar-refractivity contribution in [2.75, 3.05) is 7.05 Å². The van der Waals surface area contributed by atoms with Crippen molar-refractivity contribution in [2.45, 2.75) is 45.2 Å². The highest BCUT2D eigenvalue weighted by atomic mass is 16.2. The topological polar surface area (TPSA) is 105 Å². The molecule has 0 saturated carbocycles. The Morgan fingerprint density at radius 1 is 1.21 bits per heavy atom. The minimum absolute atomic E-state index is 0.187. The Kier molecular flexibility index (Phi) is 5.31. The van der Waals surface area contributed by atoms with Gasteiger partial charge in [-0.1, -0.05) is 24.6 Å². The highest BCUT2D eigenvalue weighted by Crippen LogP contribution is 2.22. The van der Waals surface area contributed by atoms with E-state index < -0.39 is 0 Å². The number of carbonyl (C=O) groups is 1. The van der Waals surface area contributed by atoms with Crippen LogP contribution in [0, 0.1) is 0 Å². The predicted molar refractivity (Wildman–Crippen MR) is 103 cm³/mol. The van der Waals surface area contributed by atoms with Gasteiger partial charge in [-0.2, -0.15) is 9.78 Å². The Morgan fingerprint density at radius 2 is 2.04 bits per heavy atom. The van der Waals surface area contributed by atoms with Crippen LogP contribution in [0.15, 0.2) is 30.3 Å². The lowest BCUT2D eigenvalue weighted by molar-refractivity contribution is 0.205. The van der Waals surface area contributed by atoms with Crippen LogP contribution >= 0.6 is 0 Å². The van der Waals surface area contributed by atoms with E-state index in [9.17, 15) is 4.79 Å². The molecule has 1 aliphatic carbocycles. The number of carbonyl (C=O) groups excluding carboxylic acids is 1. The number of amides is 2. The lowest BCUT2D eigenvalue weighted by atomic mass is 10.1. The summed E-state index contributed by atoms with van der Waals surface area (Å²) < 4.78 is 1.62. The van der Waals surface area contributed by atoms with E-state index in [0.29, 0.717) is 12.4 Å². The largest absolute Gasteiger partial charge is 0.331 e. The van der Waals surface area contributed by atoms with Crippen molar-refractivity contribution in [2.24, 2.45) is 0 Å². The van der Waals surface area contributed by atoms with Crippen LogP contribution in [0.25, 0.3) is 5.69 Å². The Labute approximate surface area is 163 Å². The average molecular weight is 380 g/mol. The van der Waals surface area contributed by atoms with Crippen LogP contribution in [0.2, 0.25) is 0 Å². The summed E-state index contributed by atoms with van der Waals surface area (Å²) in [5, 5.41) is 22.2. The monoisotopic (exact) mass is 380 g/mol. The highest BCUT2D eigenvalue weighted by molar-refractivity contribution is 5.73. The zero-order valence-electron chi connectivity index (χ0n) is 15.9. The molecule has 2 aromatic heterocycles. The number of hydrogen-bond donors (Lipinski definition) is 2. The van der Waals surface area contributed by atoms with Crippen molar-refractivity contribution in [3.8, 4) is 5.69 Å². The molecule has 0 radical (unpaired) electrons. The minimum Gasteiger partial charge on any atom is -0.331 e. The molecule has 28 heavy (non-hydrogen) atoms. The van der Waals surface area contributed by atoms with Crippen molar-refractivity contribution in [3.63, 3.8) is 0 Å². The van der Waals surface area contributed by atoms with E-state index in [1.54, 1.807) is 16.6 Å². The first kappa shape index (κ1) is 18.1. The van der Waals surface area contributed by atoms with Crippen LogP contribution in [0.4, 0.5) is 4.79 Å². The molecule has 2 N–H and O–H groups in total. The van der Waals surface area contributed by atoms with Gasteiger partial charge in [0, 0.05) is 12.7 Å². The fraction of sp³-hybridized carbons (Fsp3) is 0.421. The van der Waals surface area contributed by atoms with Crippen molar-refractivity contribution < 1.29 is 4.79 Å². The molecular formula is C19H24N8O. The summed E-state index contributed by atoms with van der Waals surface area (Å²) in [5.41, 5.74) is 4.32. The first-order valence-electron chi connectivity index (χ1n) is 9.59. The summed E-state index contributed by atoms with van der Waals surface area (Å²) >= 11 is 0. The molecule has 2 heterocycles. The zero-order chi connectivity index (χ0) is 19.3. The number of fused-ring (bicyclic) bond motifs is 1. The third-order valence-electron chi connectivity index (χ3n) is 5.06. The van der Waals surface area contributed by atoms with Gasteiger partial charge in [0.1, 0.15) is 0 Å². The third kappa shape index (κ3) is 3.88. The van der Waals surface area contributed by atoms with Gasteiger partial charge in [0.05, 0.1) is 24.5 Å². The molecule has 3 aromatic rings. The van der Waals surface area contributed by atoms with Gasteiger partial charge < -0.3 is 10.2 Å². The predicted octanol–water partition coefficient (Wildman–Crippen LogP) is 2.00. The Bertz CT molecular complexity index is 933. The van der Waals surface area contributed by atoms with E-state index in [0.717, 1.165) is 24.2 Å². The molecule has 0 atom stereocenters. The summed E-state index contributed by atoms with van der Waals surface area (Å²) in [7, 11) is 1.77. The van der Waals surface area contributed by atoms with Crippen LogP contribution in [0.1, 0.15) is 42.0 Å². The standard InChI is InChI=1S/C19H24N8O/c1-26(13-17-15-10-6-3-7-11-16(15)21-22-17)19(28)20-12-18-23-24-25-27(18)14-8-4-2-5-9-14/h2,4-5,8-9H,3,6-7,10-13H2,1H3,(H,20,28)(H,21,22). The number of para-hydroxylation sites is 1. The maximum absolute atomic E-state index is 12.5. The zero-order valence-corrected chi connectivity index (χ0v) is 15.9. The van der Waals surface area contributed by atoms with Crippen LogP contribution < -0.4 is 5.32 Å². The van der Waals surface area contributed by atoms with Gasteiger partial charge in [-0.05, 0) is 53.8 Å². The third-order valence-corrected chi connectivity index (χ3v) is 5.06. The molecule has 0 unspecified atom stereocenters. The van der Waals surface area contributed by atoms with Gasteiger partial charge in [0.2, 0.25) is 0 Å². The van der Waals surface area contributed by atoms with E-state index >= 15 is 0 Å². The number of nitrogens with zero attached hydrogens (tertiary/aromatic N) is 6. The fourth-order valence-corrected chi connectivity index (χ4v) is 3.53. The lowest BCUT2D eigenvalue weighted by Gasteiger charge is -2.17. The van der Waals surface area contributed by atoms with Gasteiger partial charge in [-0.15, -0.1) is 5.10 Å². The number of rotatable bonds is 5. The van der Waals surface area contributed by atoms with Crippen molar-refractivity contribution >= 4 is 6.03 Å². The average Bonchev–Trinajstić information content (AvgIpc) is 3.27. The van der Waals surface area contributed by atoms with Gasteiger partial charge >= 0.3 is 6.03 Å². The number of nitrogens with one attached hydrogen (secondary N) is 2. The molecule has 1 aromatic carbocycles. The van der Waals surface area contributed by atoms with Crippen LogP contribution in [-0.4, -0.2) is 48.4 Å². The molecule has 2 amide bonds. The first-order chi connectivity index (χ1) is 13.7. The molecule has 0 saturated heterocycles. The van der Waals surface area contributed by atoms with E-state index in [-0.39, 0.29) is 12.6 Å². The smallest absolute Gasteiger partial charge is 0.317 e. The lowest BCUT2D eigenvalue weighted by Crippen LogP contribution is -2.37. The molecule has 4 rings (SSSR count). The molecule has 0 bridgehead atoms. The number of H-pyrrole nitrogens is 1. The summed E-state index contributed by atoms with van der Waals surface area (Å²) in [4.78, 5) is 14.2. The second-order valence-electron chi connectivity index (χ2n) is 7.05. The number of hydrogen-bond acceptors (Lipinski definition) is 5. The molecule has 9 nitrogen and oxygen atoms in total. The van der Waals surface area contributed by atoms with Gasteiger partial charge in [0.25, 0.3) is 0 Å². The summed E-state index contributed by atoms with van der Waals surface area (Å²) in [6, 6.07) is 9.40. The molecule has 9 heteroatoms. The number of aromatic nitrogens is 6. The van der Waals surface area contributed by atoms with Crippen molar-refractivity contribution in [1.82, 2.24) is 40.6 Å². The van der Waals surface area contributed by atoms with Crippen molar-refractivity contribution in [3.05, 3.63) is 53.1 Å². The minimum atomic E-state index is -0.187. The molecule has 1 aliphatic rings. The van der Waals surface area contributed by atoms with Crippen LogP contribution in [0.5, 0.6) is 0 Å². The van der Waals surface area contributed by atoms with E-state index in [2.05, 4.69) is 31.0 Å². The first-order valence-corrected chi connectivity index (χ1v) is 9.59. The maximum Gasteiger partial charge on any atom is 0.317 e. The number of benzene rings is 1. The summed E-state index contributed by atoms with van der Waals surface area (Å²) in [6.45, 7) is 0.713. The van der Waals surface area contributed by atoms with Crippen LogP contribution in [0.3, 0.4) is 0 Å².